The first kappa shape index (κ1) is 15.1. The van der Waals surface area contributed by atoms with Gasteiger partial charge in [-0.2, -0.15) is 0 Å². The summed E-state index contributed by atoms with van der Waals surface area (Å²) < 4.78 is 5.68. The number of carboxylic acids is 1. The maximum absolute atomic E-state index is 11.7. The van der Waals surface area contributed by atoms with Gasteiger partial charge in [-0.25, -0.2) is 4.79 Å². The molecule has 0 aliphatic carbocycles. The normalized spacial score (nSPS) is 27.5. The zero-order valence-electron chi connectivity index (χ0n) is 11.8. The van der Waals surface area contributed by atoms with Crippen molar-refractivity contribution < 1.29 is 19.4 Å². The van der Waals surface area contributed by atoms with E-state index >= 15 is 0 Å². The van der Waals surface area contributed by atoms with Crippen LogP contribution < -0.4 is 10.6 Å². The Morgan fingerprint density at radius 3 is 2.60 bits per heavy atom. The van der Waals surface area contributed by atoms with Crippen molar-refractivity contribution in [3.8, 4) is 0 Å². The van der Waals surface area contributed by atoms with E-state index in [2.05, 4.69) is 10.6 Å². The van der Waals surface area contributed by atoms with E-state index in [1.54, 1.807) is 0 Å². The zero-order chi connectivity index (χ0) is 14.4. The van der Waals surface area contributed by atoms with E-state index in [9.17, 15) is 9.59 Å². The molecule has 2 aliphatic rings. The number of amides is 2. The molecule has 6 heteroatoms. The number of carbonyl (C=O) groups excluding carboxylic acids is 1. The minimum Gasteiger partial charge on any atom is -0.481 e. The number of ether oxygens (including phenoxy) is 1. The Hall–Kier alpha value is -1.30. The van der Waals surface area contributed by atoms with Crippen molar-refractivity contribution in [2.45, 2.75) is 69.6 Å². The Labute approximate surface area is 119 Å². The van der Waals surface area contributed by atoms with Crippen molar-refractivity contribution in [1.29, 1.82) is 0 Å². The molecule has 2 aliphatic heterocycles. The fraction of sp³-hybridized carbons (Fsp3) is 0.857. The summed E-state index contributed by atoms with van der Waals surface area (Å²) in [6, 6.07) is 0.0565. The van der Waals surface area contributed by atoms with Gasteiger partial charge in [-0.15, -0.1) is 0 Å². The number of hydrogen-bond acceptors (Lipinski definition) is 3. The summed E-state index contributed by atoms with van der Waals surface area (Å²) in [5, 5.41) is 14.3. The standard InChI is InChI=1S/C14H24N2O4/c17-13(18)5-3-1-2-4-8-15-14(19)16-11-9-10-6-7-12(11)20-10/h10-12H,1-9H2,(H,17,18)(H2,15,16,19). The van der Waals surface area contributed by atoms with E-state index in [-0.39, 0.29) is 24.6 Å². The molecular formula is C14H24N2O4. The molecule has 6 nitrogen and oxygen atoms in total. The number of carbonyl (C=O) groups is 2. The third-order valence-corrected chi connectivity index (χ3v) is 4.03. The van der Waals surface area contributed by atoms with Crippen LogP contribution in [0.3, 0.4) is 0 Å². The average molecular weight is 284 g/mol. The summed E-state index contributed by atoms with van der Waals surface area (Å²) in [5.74, 6) is -0.740. The van der Waals surface area contributed by atoms with Crippen LogP contribution in [-0.2, 0) is 9.53 Å². The smallest absolute Gasteiger partial charge is 0.315 e. The monoisotopic (exact) mass is 284 g/mol. The summed E-state index contributed by atoms with van der Waals surface area (Å²) in [5.41, 5.74) is 0. The topological polar surface area (TPSA) is 87.7 Å². The first-order chi connectivity index (χ1) is 9.65. The van der Waals surface area contributed by atoms with Crippen molar-refractivity contribution in [1.82, 2.24) is 10.6 Å². The van der Waals surface area contributed by atoms with Crippen LogP contribution in [-0.4, -0.2) is 41.9 Å². The highest BCUT2D eigenvalue weighted by Crippen LogP contribution is 2.34. The summed E-state index contributed by atoms with van der Waals surface area (Å²) >= 11 is 0. The van der Waals surface area contributed by atoms with Crippen LogP contribution in [0.1, 0.15) is 51.4 Å². The Morgan fingerprint density at radius 2 is 1.95 bits per heavy atom. The molecule has 2 heterocycles. The fourth-order valence-electron chi connectivity index (χ4n) is 2.97. The van der Waals surface area contributed by atoms with Crippen LogP contribution in [0, 0.1) is 0 Å². The van der Waals surface area contributed by atoms with E-state index in [0.717, 1.165) is 38.5 Å². The van der Waals surface area contributed by atoms with Gasteiger partial charge in [0, 0.05) is 13.0 Å². The van der Waals surface area contributed by atoms with Gasteiger partial charge in [0.1, 0.15) is 0 Å². The number of carboxylic acid groups (broad SMARTS) is 1. The molecule has 3 unspecified atom stereocenters. The zero-order valence-corrected chi connectivity index (χ0v) is 11.8. The summed E-state index contributed by atoms with van der Waals surface area (Å²) in [6.45, 7) is 0.639. The quantitative estimate of drug-likeness (QED) is 0.591. The van der Waals surface area contributed by atoms with Crippen LogP contribution in [0.25, 0.3) is 0 Å². The number of urea groups is 1. The molecule has 2 amide bonds. The molecule has 0 saturated carbocycles. The van der Waals surface area contributed by atoms with Crippen molar-refractivity contribution in [2.24, 2.45) is 0 Å². The summed E-state index contributed by atoms with van der Waals surface area (Å²) in [4.78, 5) is 22.0. The van der Waals surface area contributed by atoms with Crippen LogP contribution in [0.4, 0.5) is 4.79 Å². The van der Waals surface area contributed by atoms with Crippen molar-refractivity contribution in [3.05, 3.63) is 0 Å². The Balaban J connectivity index is 1.45. The van der Waals surface area contributed by atoms with E-state index in [0.29, 0.717) is 19.1 Å². The lowest BCUT2D eigenvalue weighted by Crippen LogP contribution is -2.46. The van der Waals surface area contributed by atoms with Crippen molar-refractivity contribution in [3.63, 3.8) is 0 Å². The molecule has 0 spiro atoms. The maximum atomic E-state index is 11.7. The summed E-state index contributed by atoms with van der Waals surface area (Å²) in [7, 11) is 0. The third kappa shape index (κ3) is 4.67. The number of hydrogen-bond donors (Lipinski definition) is 3. The lowest BCUT2D eigenvalue weighted by atomic mass is 9.96. The van der Waals surface area contributed by atoms with Gasteiger partial charge in [-0.05, 0) is 32.1 Å². The van der Waals surface area contributed by atoms with Crippen molar-refractivity contribution in [2.75, 3.05) is 6.54 Å². The molecule has 0 radical (unpaired) electrons. The largest absolute Gasteiger partial charge is 0.481 e. The number of aliphatic carboxylic acids is 1. The van der Waals surface area contributed by atoms with Gasteiger partial charge >= 0.3 is 12.0 Å². The van der Waals surface area contributed by atoms with Gasteiger partial charge in [0.2, 0.25) is 0 Å². The minimum atomic E-state index is -0.740. The Bertz CT molecular complexity index is 348. The van der Waals surface area contributed by atoms with Crippen LogP contribution in [0.5, 0.6) is 0 Å². The second-order valence-corrected chi connectivity index (χ2v) is 5.67. The first-order valence-electron chi connectivity index (χ1n) is 7.57. The molecule has 20 heavy (non-hydrogen) atoms. The van der Waals surface area contributed by atoms with Gasteiger partial charge < -0.3 is 20.5 Å². The number of unbranched alkanes of at least 4 members (excludes halogenated alkanes) is 3. The maximum Gasteiger partial charge on any atom is 0.315 e. The van der Waals surface area contributed by atoms with Gasteiger partial charge in [0.05, 0.1) is 18.2 Å². The van der Waals surface area contributed by atoms with E-state index in [1.165, 1.54) is 0 Å². The highest BCUT2D eigenvalue weighted by Gasteiger charge is 2.41. The average Bonchev–Trinajstić information content (AvgIpc) is 2.99. The van der Waals surface area contributed by atoms with Gasteiger partial charge in [-0.1, -0.05) is 12.8 Å². The van der Waals surface area contributed by atoms with Gasteiger partial charge in [0.25, 0.3) is 0 Å². The number of fused-ring (bicyclic) bond motifs is 2. The Kier molecular flexibility index (Phi) is 5.64. The van der Waals surface area contributed by atoms with Crippen LogP contribution >= 0.6 is 0 Å². The van der Waals surface area contributed by atoms with Gasteiger partial charge in [-0.3, -0.25) is 4.79 Å². The molecule has 114 valence electrons. The molecule has 2 saturated heterocycles. The second-order valence-electron chi connectivity index (χ2n) is 5.67. The lowest BCUT2D eigenvalue weighted by molar-refractivity contribution is -0.137. The van der Waals surface area contributed by atoms with E-state index < -0.39 is 5.97 Å². The molecule has 0 aromatic carbocycles. The second kappa shape index (κ2) is 7.47. The SMILES string of the molecule is O=C(O)CCCCCCNC(=O)NC1CC2CCC1O2. The molecule has 2 rings (SSSR count). The minimum absolute atomic E-state index is 0.114. The first-order valence-corrected chi connectivity index (χ1v) is 7.57. The molecule has 3 N–H and O–H groups in total. The third-order valence-electron chi connectivity index (χ3n) is 4.03. The van der Waals surface area contributed by atoms with Gasteiger partial charge in [0.15, 0.2) is 0 Å². The fourth-order valence-corrected chi connectivity index (χ4v) is 2.97. The van der Waals surface area contributed by atoms with Crippen LogP contribution in [0.2, 0.25) is 0 Å². The van der Waals surface area contributed by atoms with Crippen LogP contribution in [0.15, 0.2) is 0 Å². The summed E-state index contributed by atoms with van der Waals surface area (Å²) in [6.07, 6.45) is 7.36. The van der Waals surface area contributed by atoms with E-state index in [4.69, 9.17) is 9.84 Å². The lowest BCUT2D eigenvalue weighted by Gasteiger charge is -2.20. The molecule has 0 aromatic heterocycles. The molecule has 2 fully saturated rings. The highest BCUT2D eigenvalue weighted by atomic mass is 16.5. The highest BCUT2D eigenvalue weighted by molar-refractivity contribution is 5.74. The molecule has 0 aromatic rings. The number of rotatable bonds is 8. The Morgan fingerprint density at radius 1 is 1.15 bits per heavy atom. The number of nitrogens with one attached hydrogen (secondary N) is 2. The predicted octanol–water partition coefficient (Wildman–Crippen LogP) is 1.64. The molecular weight excluding hydrogens is 260 g/mol. The van der Waals surface area contributed by atoms with E-state index in [1.807, 2.05) is 0 Å². The molecule has 3 atom stereocenters. The predicted molar refractivity (Wildman–Crippen MR) is 73.6 cm³/mol. The molecule has 2 bridgehead atoms. The van der Waals surface area contributed by atoms with Crippen molar-refractivity contribution >= 4 is 12.0 Å².